The number of nitrogens with zero attached hydrogens (tertiary/aromatic N) is 4. The maximum absolute atomic E-state index is 11.7. The van der Waals surface area contributed by atoms with Crippen LogP contribution in [0.4, 0.5) is 5.82 Å². The molecule has 2 unspecified atom stereocenters. The van der Waals surface area contributed by atoms with Crippen molar-refractivity contribution in [2.75, 3.05) is 12.3 Å². The van der Waals surface area contributed by atoms with Crippen LogP contribution in [0.3, 0.4) is 0 Å². The number of rotatable bonds is 8. The first kappa shape index (κ1) is 30.1. The summed E-state index contributed by atoms with van der Waals surface area (Å²) in [5, 5.41) is 4.92. The van der Waals surface area contributed by atoms with Crippen molar-refractivity contribution in [3.05, 3.63) is 12.7 Å². The van der Waals surface area contributed by atoms with Gasteiger partial charge in [0.1, 0.15) is 30.2 Å². The predicted molar refractivity (Wildman–Crippen MR) is 147 cm³/mol. The lowest BCUT2D eigenvalue weighted by Gasteiger charge is -2.44. The molecule has 0 aliphatic carbocycles. The van der Waals surface area contributed by atoms with E-state index in [9.17, 15) is 8.42 Å². The summed E-state index contributed by atoms with van der Waals surface area (Å²) in [6.45, 7) is 21.1. The Kier molecular flexibility index (Phi) is 8.07. The van der Waals surface area contributed by atoms with Crippen molar-refractivity contribution >= 4 is 43.9 Å². The lowest BCUT2D eigenvalue weighted by atomic mass is 10.1. The second-order valence-electron chi connectivity index (χ2n) is 12.6. The Hall–Kier alpha value is -1.47. The van der Waals surface area contributed by atoms with Gasteiger partial charge in [-0.2, -0.15) is 8.42 Å². The van der Waals surface area contributed by atoms with Gasteiger partial charge in [0.05, 0.1) is 12.9 Å². The van der Waals surface area contributed by atoms with E-state index in [1.54, 1.807) is 10.9 Å². The highest BCUT2D eigenvalue weighted by Crippen LogP contribution is 2.46. The number of ether oxygens (including phenoxy) is 1. The van der Waals surface area contributed by atoms with Crippen molar-refractivity contribution in [3.63, 3.8) is 0 Å². The van der Waals surface area contributed by atoms with E-state index >= 15 is 0 Å². The van der Waals surface area contributed by atoms with Gasteiger partial charge in [-0.05, 0) is 36.3 Å². The number of hydrogen-bond donors (Lipinski definition) is 2. The Balaban J connectivity index is 2.15. The summed E-state index contributed by atoms with van der Waals surface area (Å²) in [5.41, 5.74) is 6.94. The summed E-state index contributed by atoms with van der Waals surface area (Å²) in [4.78, 5) is 12.8. The van der Waals surface area contributed by atoms with Gasteiger partial charge in [-0.25, -0.2) is 20.1 Å². The molecule has 37 heavy (non-hydrogen) atoms. The van der Waals surface area contributed by atoms with Crippen molar-refractivity contribution in [2.45, 2.75) is 102 Å². The molecular weight excluding hydrogens is 533 g/mol. The van der Waals surface area contributed by atoms with E-state index in [0.717, 1.165) is 0 Å². The van der Waals surface area contributed by atoms with Crippen LogP contribution in [0.15, 0.2) is 12.7 Å². The molecule has 1 saturated heterocycles. The van der Waals surface area contributed by atoms with Crippen LogP contribution in [-0.4, -0.2) is 69.5 Å². The molecule has 1 aliphatic heterocycles. The largest absolute Gasteiger partial charge is 0.408 e. The van der Waals surface area contributed by atoms with Crippen LogP contribution in [0.5, 0.6) is 0 Å². The predicted octanol–water partition coefficient (Wildman–Crippen LogP) is 3.31. The lowest BCUT2D eigenvalue weighted by Crippen LogP contribution is -2.54. The minimum atomic E-state index is -4.21. The summed E-state index contributed by atoms with van der Waals surface area (Å²) < 4.78 is 50.5. The summed E-state index contributed by atoms with van der Waals surface area (Å²) in [5.74, 6) is 0.242. The minimum absolute atomic E-state index is 0.113. The average molecular weight is 575 g/mol. The molecule has 1 fully saturated rings. The molecule has 4 N–H and O–H groups in total. The molecule has 1 aliphatic rings. The van der Waals surface area contributed by atoms with E-state index in [1.165, 1.54) is 6.33 Å². The SMILES string of the molecule is CC(C)(C)[Si](C)(C)OC1C(O[Si](C)(C)C(C)(C)C)[C@@H](COS(N)(=O)=O)O[C@H]1n1cnc2c(N)ncnc21. The highest BCUT2D eigenvalue weighted by Gasteiger charge is 2.54. The monoisotopic (exact) mass is 574 g/mol. The molecule has 0 bridgehead atoms. The Labute approximate surface area is 222 Å². The number of nitrogen functional groups attached to an aromatic ring is 1. The quantitative estimate of drug-likeness (QED) is 0.446. The second kappa shape index (κ2) is 9.93. The third kappa shape index (κ3) is 6.41. The normalized spacial score (nSPS) is 24.2. The topological polar surface area (TPSA) is 167 Å². The second-order valence-corrected chi connectivity index (χ2v) is 23.3. The average Bonchev–Trinajstić information content (AvgIpc) is 3.27. The standard InChI is InChI=1S/C22H42N6O6SSi2/c1-21(2,3)36(7,8)33-16-14(11-31-35(24,29)30)32-20(17(16)34-37(9,10)22(4,5)6)28-13-27-15-18(23)25-12-26-19(15)28/h12-14,16-17,20H,11H2,1-10H3,(H2,23,25,26)(H2,24,29,30)/t14-,16?,17?,20-/m1/s1. The van der Waals surface area contributed by atoms with Crippen molar-refractivity contribution in [1.29, 1.82) is 0 Å². The number of imidazole rings is 1. The molecule has 210 valence electrons. The molecule has 4 atom stereocenters. The lowest BCUT2D eigenvalue weighted by molar-refractivity contribution is -0.0445. The summed E-state index contributed by atoms with van der Waals surface area (Å²) >= 11 is 0. The van der Waals surface area contributed by atoms with Crippen molar-refractivity contribution < 1.29 is 26.2 Å². The number of aromatic nitrogens is 4. The van der Waals surface area contributed by atoms with Gasteiger partial charge in [0.15, 0.2) is 34.3 Å². The van der Waals surface area contributed by atoms with Crippen LogP contribution in [0.1, 0.15) is 47.8 Å². The molecule has 2 aromatic heterocycles. The Morgan fingerprint density at radius 3 is 2.03 bits per heavy atom. The van der Waals surface area contributed by atoms with E-state index in [1.807, 2.05) is 0 Å². The van der Waals surface area contributed by atoms with Crippen molar-refractivity contribution in [2.24, 2.45) is 5.14 Å². The third-order valence-corrected chi connectivity index (χ3v) is 17.2. The van der Waals surface area contributed by atoms with E-state index in [-0.39, 0.29) is 22.5 Å². The van der Waals surface area contributed by atoms with Crippen molar-refractivity contribution in [3.8, 4) is 0 Å². The van der Waals surface area contributed by atoms with Gasteiger partial charge in [0, 0.05) is 0 Å². The molecule has 0 radical (unpaired) electrons. The maximum Gasteiger partial charge on any atom is 0.333 e. The number of anilines is 1. The summed E-state index contributed by atoms with van der Waals surface area (Å²) in [6, 6.07) is 0. The van der Waals surface area contributed by atoms with E-state index in [2.05, 4.69) is 82.7 Å². The van der Waals surface area contributed by atoms with Gasteiger partial charge in [0.25, 0.3) is 0 Å². The highest BCUT2D eigenvalue weighted by atomic mass is 32.2. The van der Waals surface area contributed by atoms with Crippen molar-refractivity contribution in [1.82, 2.24) is 19.5 Å². The minimum Gasteiger partial charge on any atom is -0.408 e. The van der Waals surface area contributed by atoms with E-state index in [4.69, 9.17) is 28.6 Å². The molecule has 3 heterocycles. The molecule has 0 saturated carbocycles. The van der Waals surface area contributed by atoms with Gasteiger partial charge in [-0.15, -0.1) is 0 Å². The first-order valence-electron chi connectivity index (χ1n) is 12.3. The molecule has 3 rings (SSSR count). The molecule has 12 nitrogen and oxygen atoms in total. The Morgan fingerprint density at radius 1 is 0.973 bits per heavy atom. The fourth-order valence-corrected chi connectivity index (χ4v) is 6.51. The molecule has 0 spiro atoms. The van der Waals surface area contributed by atoms with Gasteiger partial charge < -0.3 is 19.3 Å². The van der Waals surface area contributed by atoms with Gasteiger partial charge in [-0.1, -0.05) is 41.5 Å². The third-order valence-electron chi connectivity index (χ3n) is 7.82. The fourth-order valence-electron chi connectivity index (χ4n) is 3.59. The van der Waals surface area contributed by atoms with Crippen LogP contribution in [0.2, 0.25) is 36.3 Å². The van der Waals surface area contributed by atoms with Gasteiger partial charge in [0.2, 0.25) is 0 Å². The highest BCUT2D eigenvalue weighted by molar-refractivity contribution is 7.84. The molecule has 15 heteroatoms. The first-order chi connectivity index (χ1) is 16.6. The number of fused-ring (bicyclic) bond motifs is 1. The van der Waals surface area contributed by atoms with E-state index < -0.39 is 51.5 Å². The molecular formula is C22H42N6O6SSi2. The summed E-state index contributed by atoms with van der Waals surface area (Å²) in [6.07, 6.45) is 0.159. The van der Waals surface area contributed by atoms with Crippen LogP contribution in [0, 0.1) is 0 Å². The Morgan fingerprint density at radius 2 is 1.51 bits per heavy atom. The molecule has 0 amide bonds. The number of hydrogen-bond acceptors (Lipinski definition) is 10. The first-order valence-corrected chi connectivity index (χ1v) is 19.5. The fraction of sp³-hybridized carbons (Fsp3) is 0.773. The Bertz CT molecular complexity index is 1220. The summed E-state index contributed by atoms with van der Waals surface area (Å²) in [7, 11) is -8.96. The molecule has 0 aromatic carbocycles. The van der Waals surface area contributed by atoms with Gasteiger partial charge in [-0.3, -0.25) is 8.75 Å². The zero-order valence-electron chi connectivity index (χ0n) is 23.5. The van der Waals surface area contributed by atoms with E-state index in [0.29, 0.717) is 11.2 Å². The molecule has 2 aromatic rings. The van der Waals surface area contributed by atoms with Crippen LogP contribution in [0.25, 0.3) is 11.2 Å². The zero-order valence-corrected chi connectivity index (χ0v) is 26.3. The van der Waals surface area contributed by atoms with Crippen LogP contribution < -0.4 is 10.9 Å². The smallest absolute Gasteiger partial charge is 0.333 e. The van der Waals surface area contributed by atoms with Crippen LogP contribution >= 0.6 is 0 Å². The van der Waals surface area contributed by atoms with Crippen LogP contribution in [-0.2, 0) is 28.1 Å². The van der Waals surface area contributed by atoms with Gasteiger partial charge >= 0.3 is 10.3 Å². The maximum atomic E-state index is 11.7. The number of nitrogens with two attached hydrogens (primary N) is 2. The zero-order chi connectivity index (χ0) is 28.2.